The molecule has 0 fully saturated rings. The molecule has 3 aromatic heterocycles. The molecule has 7 aromatic rings. The van der Waals surface area contributed by atoms with E-state index in [1.807, 2.05) is 48.5 Å². The van der Waals surface area contributed by atoms with Crippen molar-refractivity contribution in [3.05, 3.63) is 139 Å². The third-order valence-corrected chi connectivity index (χ3v) is 5.37. The van der Waals surface area contributed by atoms with E-state index < -0.39 is 17.6 Å². The number of carboxylic acid groups (broad SMARTS) is 1. The Labute approximate surface area is 251 Å². The van der Waals surface area contributed by atoms with Gasteiger partial charge in [-0.2, -0.15) is 42.1 Å². The molecule has 0 radical (unpaired) electrons. The third-order valence-electron chi connectivity index (χ3n) is 5.37. The maximum atomic E-state index is 13.0. The fourth-order valence-corrected chi connectivity index (χ4v) is 3.51. The Bertz CT molecular complexity index is 1750. The number of hydrogen-bond acceptors (Lipinski definition) is 7. The summed E-state index contributed by atoms with van der Waals surface area (Å²) in [7, 11) is 0. The first-order valence-electron chi connectivity index (χ1n) is 12.1. The molecule has 42 heavy (non-hydrogen) atoms. The summed E-state index contributed by atoms with van der Waals surface area (Å²) in [4.78, 5) is 16.3. The van der Waals surface area contributed by atoms with E-state index in [1.54, 1.807) is 36.4 Å². The van der Waals surface area contributed by atoms with E-state index >= 15 is 0 Å². The molecule has 0 aliphatic heterocycles. The predicted molar refractivity (Wildman–Crippen MR) is 144 cm³/mol. The minimum Gasteiger partial charge on any atom is -0.543 e. The van der Waals surface area contributed by atoms with Gasteiger partial charge in [0, 0.05) is 17.8 Å². The Balaban J connectivity index is 0.000000149. The maximum Gasteiger partial charge on any atom is 3.00 e. The number of pyridine rings is 1. The van der Waals surface area contributed by atoms with E-state index in [9.17, 15) is 18.7 Å². The van der Waals surface area contributed by atoms with Crippen molar-refractivity contribution in [3.8, 4) is 11.4 Å². The zero-order valence-corrected chi connectivity index (χ0v) is 23.8. The molecule has 0 N–H and O–H groups in total. The van der Waals surface area contributed by atoms with Crippen LogP contribution in [0.15, 0.2) is 109 Å². The van der Waals surface area contributed by atoms with Gasteiger partial charge in [-0.05, 0) is 47.8 Å². The number of carboxylic acids is 1. The Kier molecular flexibility index (Phi) is 9.88. The summed E-state index contributed by atoms with van der Waals surface area (Å²) >= 11 is 0. The molecule has 0 bridgehead atoms. The van der Waals surface area contributed by atoms with E-state index in [2.05, 4.69) is 37.5 Å². The van der Waals surface area contributed by atoms with Crippen LogP contribution in [0.25, 0.3) is 33.4 Å². The average Bonchev–Trinajstić information content (AvgIpc) is 3.63. The first-order chi connectivity index (χ1) is 20.0. The largest absolute Gasteiger partial charge is 3.00 e. The number of carbonyl (C=O) groups is 1. The molecule has 9 nitrogen and oxygen atoms in total. The van der Waals surface area contributed by atoms with Crippen LogP contribution in [-0.2, 0) is 20.1 Å². The van der Waals surface area contributed by atoms with Gasteiger partial charge in [0.25, 0.3) is 0 Å². The van der Waals surface area contributed by atoms with Gasteiger partial charge in [-0.15, -0.1) is 36.4 Å². The van der Waals surface area contributed by atoms with E-state index in [0.717, 1.165) is 22.1 Å². The zero-order valence-electron chi connectivity index (χ0n) is 21.4. The molecular weight excluding hydrogens is 721 g/mol. The Morgan fingerprint density at radius 1 is 0.595 bits per heavy atom. The molecule has 12 heteroatoms. The standard InChI is InChI=1S/2C12H7FN3.C6H5NO2.Ir/c2*13-9-4-3-5-10(8-9)16-14-11-6-1-2-7-12(11)15-16;8-6(9)5-3-1-2-4-7-5;/h2*1-7H;1-4H,(H,8,9);/q2*-1;;+3/p-1. The number of benzene rings is 4. The first-order valence-corrected chi connectivity index (χ1v) is 12.1. The van der Waals surface area contributed by atoms with Crippen LogP contribution in [0.1, 0.15) is 10.5 Å². The van der Waals surface area contributed by atoms with Crippen LogP contribution in [0.2, 0.25) is 0 Å². The quantitative estimate of drug-likeness (QED) is 0.250. The minimum absolute atomic E-state index is 0. The molecule has 3 heterocycles. The summed E-state index contributed by atoms with van der Waals surface area (Å²) in [5.74, 6) is -2.08. The van der Waals surface area contributed by atoms with Crippen LogP contribution in [0.3, 0.4) is 0 Å². The number of nitrogens with zero attached hydrogens (tertiary/aromatic N) is 7. The van der Waals surface area contributed by atoms with Gasteiger partial charge >= 0.3 is 20.1 Å². The van der Waals surface area contributed by atoms with Crippen molar-refractivity contribution < 1.29 is 38.8 Å². The van der Waals surface area contributed by atoms with E-state index in [-0.39, 0.29) is 25.8 Å². The molecule has 0 aliphatic rings. The smallest absolute Gasteiger partial charge is 0.543 e. The van der Waals surface area contributed by atoms with Crippen molar-refractivity contribution in [2.24, 2.45) is 0 Å². The number of rotatable bonds is 3. The Hall–Kier alpha value is -5.19. The molecule has 0 spiro atoms. The maximum absolute atomic E-state index is 13.0. The van der Waals surface area contributed by atoms with Gasteiger partial charge in [0.2, 0.25) is 0 Å². The zero-order chi connectivity index (χ0) is 28.6. The number of aromatic nitrogens is 7. The number of aromatic carboxylic acids is 1. The molecule has 0 atom stereocenters. The normalized spacial score (nSPS) is 10.1. The molecule has 4 aromatic carbocycles. The molecule has 0 saturated carbocycles. The third kappa shape index (κ3) is 7.51. The Morgan fingerprint density at radius 3 is 1.31 bits per heavy atom. The number of halogens is 2. The van der Waals surface area contributed by atoms with Gasteiger partial charge in [0.15, 0.2) is 0 Å². The van der Waals surface area contributed by atoms with Gasteiger partial charge in [-0.1, -0.05) is 30.3 Å². The molecule has 0 saturated heterocycles. The van der Waals surface area contributed by atoms with E-state index in [0.29, 0.717) is 11.4 Å². The summed E-state index contributed by atoms with van der Waals surface area (Å²) in [5, 5.41) is 27.0. The van der Waals surface area contributed by atoms with Crippen molar-refractivity contribution in [1.82, 2.24) is 35.0 Å². The first kappa shape index (κ1) is 29.8. The van der Waals surface area contributed by atoms with Crippen LogP contribution < -0.4 is 5.11 Å². The molecule has 0 unspecified atom stereocenters. The van der Waals surface area contributed by atoms with Crippen molar-refractivity contribution in [2.75, 3.05) is 0 Å². The van der Waals surface area contributed by atoms with Crippen molar-refractivity contribution in [3.63, 3.8) is 0 Å². The van der Waals surface area contributed by atoms with Crippen LogP contribution >= 0.6 is 0 Å². The minimum atomic E-state index is -1.24. The topological polar surface area (TPSA) is 114 Å². The van der Waals surface area contributed by atoms with E-state index in [4.69, 9.17) is 0 Å². The van der Waals surface area contributed by atoms with Crippen LogP contribution in [0, 0.1) is 23.8 Å². The molecular formula is C30H18F2IrN7O2. The Morgan fingerprint density at radius 2 is 1.00 bits per heavy atom. The number of fused-ring (bicyclic) bond motifs is 2. The SMILES string of the molecule is Fc1[c-]c(-n2nc3ccccc3n2)ccc1.Fc1[c-]c(-n2nc3ccccc3n2)ccc1.O=C([O-])c1ccccn1.[Ir+3]. The molecule has 208 valence electrons. The van der Waals surface area contributed by atoms with Gasteiger partial charge in [0.05, 0.1) is 11.7 Å². The van der Waals surface area contributed by atoms with Crippen molar-refractivity contribution in [1.29, 1.82) is 0 Å². The summed E-state index contributed by atoms with van der Waals surface area (Å²) in [6, 6.07) is 34.0. The number of carbonyl (C=O) groups excluding carboxylic acids is 1. The van der Waals surface area contributed by atoms with Crippen LogP contribution in [0.5, 0.6) is 0 Å². The van der Waals surface area contributed by atoms with Crippen LogP contribution in [-0.4, -0.2) is 40.9 Å². The van der Waals surface area contributed by atoms with Crippen LogP contribution in [0.4, 0.5) is 8.78 Å². The summed E-state index contributed by atoms with van der Waals surface area (Å²) in [6.07, 6.45) is 1.41. The molecule has 0 amide bonds. The van der Waals surface area contributed by atoms with Crippen molar-refractivity contribution >= 4 is 28.0 Å². The summed E-state index contributed by atoms with van der Waals surface area (Å²) < 4.78 is 26.0. The summed E-state index contributed by atoms with van der Waals surface area (Å²) in [5.41, 5.74) is 4.07. The van der Waals surface area contributed by atoms with Crippen molar-refractivity contribution in [2.45, 2.75) is 0 Å². The second-order valence-electron chi connectivity index (χ2n) is 8.23. The molecule has 0 aliphatic carbocycles. The number of hydrogen-bond donors (Lipinski definition) is 0. The fraction of sp³-hybridized carbons (Fsp3) is 0. The van der Waals surface area contributed by atoms with Gasteiger partial charge < -0.3 is 9.90 Å². The monoisotopic (exact) mass is 739 g/mol. The second kappa shape index (κ2) is 13.9. The predicted octanol–water partition coefficient (Wildman–Crippen LogP) is 4.16. The van der Waals surface area contributed by atoms with Gasteiger partial charge in [-0.25, -0.2) is 8.78 Å². The average molecular weight is 739 g/mol. The summed E-state index contributed by atoms with van der Waals surface area (Å²) in [6.45, 7) is 0. The second-order valence-corrected chi connectivity index (χ2v) is 8.23. The molecule has 7 rings (SSSR count). The van der Waals surface area contributed by atoms with E-state index in [1.165, 1.54) is 34.0 Å². The van der Waals surface area contributed by atoms with Gasteiger partial charge in [-0.3, -0.25) is 4.98 Å². The van der Waals surface area contributed by atoms with Gasteiger partial charge in [0.1, 0.15) is 22.1 Å². The fourth-order valence-electron chi connectivity index (χ4n) is 3.51.